The Balaban J connectivity index is 2.62. The highest BCUT2D eigenvalue weighted by atomic mass is 35.5. The van der Waals surface area contributed by atoms with Gasteiger partial charge in [-0.15, -0.1) is 0 Å². The predicted molar refractivity (Wildman–Crippen MR) is 50.3 cm³/mol. The first-order valence-corrected chi connectivity index (χ1v) is 4.07. The fourth-order valence-corrected chi connectivity index (χ4v) is 0.840. The Morgan fingerprint density at radius 1 is 1.46 bits per heavy atom. The third-order valence-corrected chi connectivity index (χ3v) is 1.68. The molecule has 0 saturated carbocycles. The highest BCUT2D eigenvalue weighted by molar-refractivity contribution is 6.34. The van der Waals surface area contributed by atoms with Gasteiger partial charge in [0.05, 0.1) is 6.07 Å². The molecule has 1 aromatic carbocycles. The van der Waals surface area contributed by atoms with Crippen molar-refractivity contribution in [1.29, 1.82) is 5.26 Å². The Morgan fingerprint density at radius 3 is 2.62 bits per heavy atom. The number of nitrogens with one attached hydrogen (secondary N) is 1. The van der Waals surface area contributed by atoms with Crippen molar-refractivity contribution in [2.45, 2.75) is 5.38 Å². The van der Waals surface area contributed by atoms with Gasteiger partial charge >= 0.3 is 0 Å². The van der Waals surface area contributed by atoms with E-state index in [9.17, 15) is 4.79 Å². The maximum atomic E-state index is 11.1. The van der Waals surface area contributed by atoms with Gasteiger partial charge in [0.2, 0.25) is 0 Å². The van der Waals surface area contributed by atoms with Gasteiger partial charge in [-0.3, -0.25) is 4.79 Å². The molecule has 0 fully saturated rings. The van der Waals surface area contributed by atoms with Crippen LogP contribution < -0.4 is 5.32 Å². The highest BCUT2D eigenvalue weighted by Gasteiger charge is 2.13. The summed E-state index contributed by atoms with van der Waals surface area (Å²) in [4.78, 5) is 11.1. The number of alkyl halides is 1. The molecule has 3 nitrogen and oxygen atoms in total. The first-order chi connectivity index (χ1) is 6.24. The molecule has 0 saturated heterocycles. The SMILES string of the molecule is N#CC(Cl)C(=O)Nc1ccccc1. The number of rotatable bonds is 2. The fourth-order valence-electron chi connectivity index (χ4n) is 0.786. The van der Waals surface area contributed by atoms with Crippen LogP contribution in [0, 0.1) is 11.3 Å². The second kappa shape index (κ2) is 4.48. The molecule has 0 spiro atoms. The zero-order chi connectivity index (χ0) is 9.68. The first kappa shape index (κ1) is 9.56. The first-order valence-electron chi connectivity index (χ1n) is 3.63. The molecule has 13 heavy (non-hydrogen) atoms. The molecule has 1 rings (SSSR count). The molecule has 0 aromatic heterocycles. The highest BCUT2D eigenvalue weighted by Crippen LogP contribution is 2.06. The molecule has 0 aliphatic carbocycles. The average Bonchev–Trinajstić information content (AvgIpc) is 2.18. The van der Waals surface area contributed by atoms with E-state index in [1.165, 1.54) is 0 Å². The number of hydrogen-bond donors (Lipinski definition) is 1. The monoisotopic (exact) mass is 194 g/mol. The van der Waals surface area contributed by atoms with E-state index in [1.807, 2.05) is 6.07 Å². The summed E-state index contributed by atoms with van der Waals surface area (Å²) in [6.45, 7) is 0. The molecule has 1 atom stereocenters. The van der Waals surface area contributed by atoms with Crippen LogP contribution in [-0.4, -0.2) is 11.3 Å². The van der Waals surface area contributed by atoms with E-state index < -0.39 is 11.3 Å². The summed E-state index contributed by atoms with van der Waals surface area (Å²) in [5.74, 6) is -0.504. The summed E-state index contributed by atoms with van der Waals surface area (Å²) < 4.78 is 0. The third-order valence-electron chi connectivity index (χ3n) is 1.38. The lowest BCUT2D eigenvalue weighted by Gasteiger charge is -2.03. The zero-order valence-corrected chi connectivity index (χ0v) is 7.45. The lowest BCUT2D eigenvalue weighted by atomic mass is 10.3. The molecule has 1 unspecified atom stereocenters. The lowest BCUT2D eigenvalue weighted by molar-refractivity contribution is -0.115. The van der Waals surface area contributed by atoms with E-state index in [0.717, 1.165) is 0 Å². The number of nitrogens with zero attached hydrogens (tertiary/aromatic N) is 1. The predicted octanol–water partition coefficient (Wildman–Crippen LogP) is 1.76. The number of anilines is 1. The van der Waals surface area contributed by atoms with Gasteiger partial charge < -0.3 is 5.32 Å². The van der Waals surface area contributed by atoms with Crippen molar-refractivity contribution in [2.75, 3.05) is 5.32 Å². The smallest absolute Gasteiger partial charge is 0.256 e. The molecule has 1 amide bonds. The van der Waals surface area contributed by atoms with E-state index in [4.69, 9.17) is 16.9 Å². The van der Waals surface area contributed by atoms with Crippen LogP contribution in [0.15, 0.2) is 30.3 Å². The summed E-state index contributed by atoms with van der Waals surface area (Å²) in [6, 6.07) is 10.5. The van der Waals surface area contributed by atoms with E-state index in [2.05, 4.69) is 5.32 Å². The third kappa shape index (κ3) is 2.77. The second-order valence-electron chi connectivity index (χ2n) is 2.35. The van der Waals surface area contributed by atoms with Crippen molar-refractivity contribution < 1.29 is 4.79 Å². The van der Waals surface area contributed by atoms with Crippen LogP contribution in [0.5, 0.6) is 0 Å². The Bertz CT molecular complexity index is 331. The largest absolute Gasteiger partial charge is 0.324 e. The van der Waals surface area contributed by atoms with Crippen LogP contribution in [0.2, 0.25) is 0 Å². The minimum Gasteiger partial charge on any atom is -0.324 e. The van der Waals surface area contributed by atoms with Crippen molar-refractivity contribution in [3.63, 3.8) is 0 Å². The molecule has 66 valence electrons. The topological polar surface area (TPSA) is 52.9 Å². The summed E-state index contributed by atoms with van der Waals surface area (Å²) in [6.07, 6.45) is 0. The Labute approximate surface area is 80.9 Å². The Morgan fingerprint density at radius 2 is 2.08 bits per heavy atom. The molecular formula is C9H7ClN2O. The summed E-state index contributed by atoms with van der Waals surface area (Å²) in [5.41, 5.74) is 0.633. The Kier molecular flexibility index (Phi) is 3.30. The number of hydrogen-bond acceptors (Lipinski definition) is 2. The van der Waals surface area contributed by atoms with Gasteiger partial charge in [-0.2, -0.15) is 5.26 Å². The maximum absolute atomic E-state index is 11.1. The molecule has 0 bridgehead atoms. The minimum absolute atomic E-state index is 0.504. The number of carbonyl (C=O) groups is 1. The van der Waals surface area contributed by atoms with Gasteiger partial charge in [0.15, 0.2) is 5.38 Å². The van der Waals surface area contributed by atoms with Gasteiger partial charge in [0.25, 0.3) is 5.91 Å². The van der Waals surface area contributed by atoms with Crippen LogP contribution in [0.3, 0.4) is 0 Å². The summed E-state index contributed by atoms with van der Waals surface area (Å²) >= 11 is 5.39. The van der Waals surface area contributed by atoms with Crippen LogP contribution in [0.4, 0.5) is 5.69 Å². The zero-order valence-electron chi connectivity index (χ0n) is 6.70. The molecule has 4 heteroatoms. The van der Waals surface area contributed by atoms with Gasteiger partial charge in [0.1, 0.15) is 0 Å². The van der Waals surface area contributed by atoms with E-state index in [-0.39, 0.29) is 0 Å². The summed E-state index contributed by atoms with van der Waals surface area (Å²) in [5, 5.41) is 9.70. The van der Waals surface area contributed by atoms with Gasteiger partial charge in [-0.1, -0.05) is 29.8 Å². The second-order valence-corrected chi connectivity index (χ2v) is 2.78. The van der Waals surface area contributed by atoms with Crippen LogP contribution in [0.25, 0.3) is 0 Å². The average molecular weight is 195 g/mol. The number of nitriles is 1. The molecule has 1 aromatic rings. The molecule has 0 aliphatic rings. The number of carbonyl (C=O) groups excluding carboxylic acids is 1. The lowest BCUT2D eigenvalue weighted by Crippen LogP contribution is -2.21. The van der Waals surface area contributed by atoms with Gasteiger partial charge in [-0.25, -0.2) is 0 Å². The number of halogens is 1. The standard InChI is InChI=1S/C9H7ClN2O/c10-8(6-11)9(13)12-7-4-2-1-3-5-7/h1-5,8H,(H,12,13). The normalized spacial score (nSPS) is 11.4. The number of amides is 1. The Hall–Kier alpha value is -1.53. The maximum Gasteiger partial charge on any atom is 0.256 e. The molecule has 1 N–H and O–H groups in total. The molecule has 0 aliphatic heterocycles. The summed E-state index contributed by atoms with van der Waals surface area (Å²) in [7, 11) is 0. The fraction of sp³-hybridized carbons (Fsp3) is 0.111. The molecule has 0 radical (unpaired) electrons. The van der Waals surface area contributed by atoms with Gasteiger partial charge in [-0.05, 0) is 12.1 Å². The van der Waals surface area contributed by atoms with Crippen molar-refractivity contribution in [3.05, 3.63) is 30.3 Å². The van der Waals surface area contributed by atoms with Crippen molar-refractivity contribution >= 4 is 23.2 Å². The van der Waals surface area contributed by atoms with Crippen molar-refractivity contribution in [3.8, 4) is 6.07 Å². The van der Waals surface area contributed by atoms with Crippen LogP contribution in [-0.2, 0) is 4.79 Å². The molecule has 0 heterocycles. The quantitative estimate of drug-likeness (QED) is 0.730. The number of benzene rings is 1. The minimum atomic E-state index is -1.14. The van der Waals surface area contributed by atoms with Crippen LogP contribution in [0.1, 0.15) is 0 Å². The number of para-hydroxylation sites is 1. The van der Waals surface area contributed by atoms with Crippen molar-refractivity contribution in [2.24, 2.45) is 0 Å². The van der Waals surface area contributed by atoms with Crippen LogP contribution >= 0.6 is 11.6 Å². The van der Waals surface area contributed by atoms with E-state index in [0.29, 0.717) is 5.69 Å². The van der Waals surface area contributed by atoms with E-state index in [1.54, 1.807) is 30.3 Å². The van der Waals surface area contributed by atoms with Gasteiger partial charge in [0, 0.05) is 5.69 Å². The van der Waals surface area contributed by atoms with Crippen molar-refractivity contribution in [1.82, 2.24) is 0 Å². The van der Waals surface area contributed by atoms with E-state index >= 15 is 0 Å². The molecular weight excluding hydrogens is 188 g/mol.